The topological polar surface area (TPSA) is 38.3 Å². The van der Waals surface area contributed by atoms with Gasteiger partial charge >= 0.3 is 6.09 Å². The van der Waals surface area contributed by atoms with Crippen LogP contribution in [-0.2, 0) is 11.2 Å². The second kappa shape index (κ2) is 3.88. The third-order valence-electron chi connectivity index (χ3n) is 2.13. The Morgan fingerprint density at radius 3 is 2.71 bits per heavy atom. The van der Waals surface area contributed by atoms with Gasteiger partial charge in [-0.2, -0.15) is 0 Å². The number of ether oxygens (including phenoxy) is 1. The van der Waals surface area contributed by atoms with Gasteiger partial charge in [0, 0.05) is 5.02 Å². The molecule has 14 heavy (non-hydrogen) atoms. The molecule has 1 aliphatic rings. The summed E-state index contributed by atoms with van der Waals surface area (Å²) in [5, 5.41) is 3.45. The third kappa shape index (κ3) is 2.17. The van der Waals surface area contributed by atoms with Gasteiger partial charge in [0.1, 0.15) is 6.61 Å². The lowest BCUT2D eigenvalue weighted by molar-refractivity contribution is 0.177. The van der Waals surface area contributed by atoms with Crippen LogP contribution in [0.25, 0.3) is 0 Å². The maximum absolute atomic E-state index is 10.7. The van der Waals surface area contributed by atoms with E-state index in [1.165, 1.54) is 0 Å². The Balaban J connectivity index is 1.97. The molecule has 0 aromatic heterocycles. The Hall–Kier alpha value is -1.22. The summed E-state index contributed by atoms with van der Waals surface area (Å²) in [6, 6.07) is 7.67. The molecule has 1 aromatic rings. The molecule has 0 saturated carbocycles. The maximum Gasteiger partial charge on any atom is 0.407 e. The Kier molecular flexibility index (Phi) is 2.59. The molecule has 1 amide bonds. The summed E-state index contributed by atoms with van der Waals surface area (Å²) in [5.74, 6) is 0. The van der Waals surface area contributed by atoms with E-state index in [0.717, 1.165) is 17.0 Å². The zero-order chi connectivity index (χ0) is 9.97. The Morgan fingerprint density at radius 1 is 1.43 bits per heavy atom. The van der Waals surface area contributed by atoms with E-state index >= 15 is 0 Å². The molecule has 1 fully saturated rings. The standard InChI is InChI=1S/C10H10ClNO2/c11-8-3-1-7(2-4-8)5-9-6-14-10(13)12-9/h1-4,9H,5-6H2,(H,12,13)/t9-/m0/s1. The molecule has 0 bridgehead atoms. The van der Waals surface area contributed by atoms with Gasteiger partial charge in [-0.1, -0.05) is 23.7 Å². The van der Waals surface area contributed by atoms with E-state index in [2.05, 4.69) is 5.32 Å². The first-order chi connectivity index (χ1) is 6.74. The van der Waals surface area contributed by atoms with Crippen molar-refractivity contribution in [1.29, 1.82) is 0 Å². The number of rotatable bonds is 2. The average Bonchev–Trinajstić information content (AvgIpc) is 2.56. The number of hydrogen-bond donors (Lipinski definition) is 1. The SMILES string of the molecule is O=C1N[C@@H](Cc2ccc(Cl)cc2)CO1. The first-order valence-electron chi connectivity index (χ1n) is 4.42. The molecule has 0 unspecified atom stereocenters. The van der Waals surface area contributed by atoms with Gasteiger partial charge < -0.3 is 10.1 Å². The zero-order valence-corrected chi connectivity index (χ0v) is 8.25. The molecule has 1 atom stereocenters. The third-order valence-corrected chi connectivity index (χ3v) is 2.38. The van der Waals surface area contributed by atoms with Gasteiger partial charge in [-0.05, 0) is 24.1 Å². The highest BCUT2D eigenvalue weighted by atomic mass is 35.5. The van der Waals surface area contributed by atoms with Crippen LogP contribution in [-0.4, -0.2) is 18.7 Å². The van der Waals surface area contributed by atoms with Crippen LogP contribution in [0.3, 0.4) is 0 Å². The first-order valence-corrected chi connectivity index (χ1v) is 4.79. The predicted octanol–water partition coefficient (Wildman–Crippen LogP) is 1.99. The second-order valence-corrected chi connectivity index (χ2v) is 3.71. The maximum atomic E-state index is 10.7. The van der Waals surface area contributed by atoms with Crippen LogP contribution < -0.4 is 5.32 Å². The van der Waals surface area contributed by atoms with Gasteiger partial charge in [-0.3, -0.25) is 0 Å². The van der Waals surface area contributed by atoms with Crippen LogP contribution in [0.4, 0.5) is 4.79 Å². The fraction of sp³-hybridized carbons (Fsp3) is 0.300. The molecule has 74 valence electrons. The normalized spacial score (nSPS) is 20.4. The lowest BCUT2D eigenvalue weighted by Gasteiger charge is -2.06. The van der Waals surface area contributed by atoms with Gasteiger partial charge in [0.2, 0.25) is 0 Å². The fourth-order valence-corrected chi connectivity index (χ4v) is 1.57. The Bertz CT molecular complexity index is 336. The number of halogens is 1. The molecule has 0 radical (unpaired) electrons. The number of alkyl carbamates (subject to hydrolysis) is 1. The van der Waals surface area contributed by atoms with E-state index < -0.39 is 0 Å². The average molecular weight is 212 g/mol. The van der Waals surface area contributed by atoms with Crippen molar-refractivity contribution < 1.29 is 9.53 Å². The van der Waals surface area contributed by atoms with E-state index in [-0.39, 0.29) is 12.1 Å². The molecule has 3 nitrogen and oxygen atoms in total. The van der Waals surface area contributed by atoms with Crippen LogP contribution in [0.2, 0.25) is 5.02 Å². The van der Waals surface area contributed by atoms with Crippen LogP contribution in [0.15, 0.2) is 24.3 Å². The summed E-state index contributed by atoms with van der Waals surface area (Å²) in [7, 11) is 0. The van der Waals surface area contributed by atoms with Crippen molar-refractivity contribution in [1.82, 2.24) is 5.32 Å². The highest BCUT2D eigenvalue weighted by Crippen LogP contribution is 2.12. The molecular weight excluding hydrogens is 202 g/mol. The van der Waals surface area contributed by atoms with Gasteiger partial charge in [0.15, 0.2) is 0 Å². The number of carbonyl (C=O) groups is 1. The van der Waals surface area contributed by atoms with Crippen molar-refractivity contribution in [3.05, 3.63) is 34.9 Å². The minimum absolute atomic E-state index is 0.0867. The quantitative estimate of drug-likeness (QED) is 0.813. The van der Waals surface area contributed by atoms with Crippen molar-refractivity contribution in [2.45, 2.75) is 12.5 Å². The van der Waals surface area contributed by atoms with Gasteiger partial charge in [-0.15, -0.1) is 0 Å². The molecule has 1 saturated heterocycles. The Morgan fingerprint density at radius 2 is 2.14 bits per heavy atom. The molecule has 1 aromatic carbocycles. The summed E-state index contributed by atoms with van der Waals surface area (Å²) in [6.07, 6.45) is 0.451. The van der Waals surface area contributed by atoms with Gasteiger partial charge in [0.05, 0.1) is 6.04 Å². The molecule has 0 aliphatic carbocycles. The van der Waals surface area contributed by atoms with Crippen molar-refractivity contribution in [2.24, 2.45) is 0 Å². The number of nitrogens with one attached hydrogen (secondary N) is 1. The van der Waals surface area contributed by atoms with Crippen molar-refractivity contribution in [2.75, 3.05) is 6.61 Å². The molecular formula is C10H10ClNO2. The molecule has 1 N–H and O–H groups in total. The van der Waals surface area contributed by atoms with Crippen molar-refractivity contribution in [3.8, 4) is 0 Å². The monoisotopic (exact) mass is 211 g/mol. The highest BCUT2D eigenvalue weighted by Gasteiger charge is 2.21. The summed E-state index contributed by atoms with van der Waals surface area (Å²) in [4.78, 5) is 10.7. The van der Waals surface area contributed by atoms with Crippen LogP contribution in [0.1, 0.15) is 5.56 Å². The number of carbonyl (C=O) groups excluding carboxylic acids is 1. The van der Waals surface area contributed by atoms with Gasteiger partial charge in [0.25, 0.3) is 0 Å². The number of cyclic esters (lactones) is 1. The van der Waals surface area contributed by atoms with E-state index in [1.54, 1.807) is 0 Å². The lowest BCUT2D eigenvalue weighted by Crippen LogP contribution is -2.28. The molecule has 1 aliphatic heterocycles. The van der Waals surface area contributed by atoms with Crippen LogP contribution in [0, 0.1) is 0 Å². The summed E-state index contributed by atoms with van der Waals surface area (Å²) >= 11 is 5.76. The van der Waals surface area contributed by atoms with E-state index in [1.807, 2.05) is 24.3 Å². The van der Waals surface area contributed by atoms with Crippen LogP contribution >= 0.6 is 11.6 Å². The van der Waals surface area contributed by atoms with Crippen LogP contribution in [0.5, 0.6) is 0 Å². The summed E-state index contributed by atoms with van der Waals surface area (Å²) in [6.45, 7) is 0.446. The minimum atomic E-state index is -0.330. The number of benzene rings is 1. The van der Waals surface area contributed by atoms with E-state index in [9.17, 15) is 4.79 Å². The molecule has 4 heteroatoms. The second-order valence-electron chi connectivity index (χ2n) is 3.27. The minimum Gasteiger partial charge on any atom is -0.447 e. The number of hydrogen-bond acceptors (Lipinski definition) is 2. The summed E-state index contributed by atoms with van der Waals surface area (Å²) < 4.78 is 4.79. The Labute approximate surface area is 87.0 Å². The van der Waals surface area contributed by atoms with Crippen molar-refractivity contribution >= 4 is 17.7 Å². The molecule has 2 rings (SSSR count). The van der Waals surface area contributed by atoms with Gasteiger partial charge in [-0.25, -0.2) is 4.79 Å². The number of amides is 1. The fourth-order valence-electron chi connectivity index (χ4n) is 1.44. The largest absolute Gasteiger partial charge is 0.447 e. The van der Waals surface area contributed by atoms with E-state index in [0.29, 0.717) is 6.61 Å². The highest BCUT2D eigenvalue weighted by molar-refractivity contribution is 6.30. The lowest BCUT2D eigenvalue weighted by atomic mass is 10.1. The summed E-state index contributed by atoms with van der Waals surface area (Å²) in [5.41, 5.74) is 1.14. The predicted molar refractivity (Wildman–Crippen MR) is 53.4 cm³/mol. The zero-order valence-electron chi connectivity index (χ0n) is 7.50. The molecule has 0 spiro atoms. The first kappa shape index (κ1) is 9.34. The van der Waals surface area contributed by atoms with Crippen molar-refractivity contribution in [3.63, 3.8) is 0 Å². The van der Waals surface area contributed by atoms with E-state index in [4.69, 9.17) is 16.3 Å². The smallest absolute Gasteiger partial charge is 0.407 e. The molecule has 1 heterocycles.